The maximum Gasteiger partial charge on any atom is 0.410 e. The normalized spacial score (nSPS) is 22.0. The van der Waals surface area contributed by atoms with Crippen LogP contribution in [0, 0.1) is 0 Å². The molecule has 2 saturated heterocycles. The van der Waals surface area contributed by atoms with E-state index >= 15 is 0 Å². The molecule has 1 amide bonds. The van der Waals surface area contributed by atoms with Crippen LogP contribution in [0.15, 0.2) is 41.6 Å². The molecule has 43 heavy (non-hydrogen) atoms. The summed E-state index contributed by atoms with van der Waals surface area (Å²) in [6.45, 7) is 6.94. The molecular weight excluding hydrogens is 568 g/mol. The van der Waals surface area contributed by atoms with Crippen molar-refractivity contribution in [2.45, 2.75) is 81.6 Å². The van der Waals surface area contributed by atoms with Crippen molar-refractivity contribution in [3.8, 4) is 5.75 Å². The van der Waals surface area contributed by atoms with Crippen LogP contribution in [0.25, 0.3) is 10.8 Å². The lowest BCUT2D eigenvalue weighted by atomic mass is 9.80. The molecule has 3 unspecified atom stereocenters. The second-order valence-electron chi connectivity index (χ2n) is 12.9. The summed E-state index contributed by atoms with van der Waals surface area (Å²) in [5.41, 5.74) is 2.36. The zero-order chi connectivity index (χ0) is 30.5. The number of anilines is 1. The van der Waals surface area contributed by atoms with Crippen molar-refractivity contribution in [2.24, 2.45) is 0 Å². The fourth-order valence-corrected chi connectivity index (χ4v) is 7.34. The van der Waals surface area contributed by atoms with Crippen molar-refractivity contribution in [3.63, 3.8) is 0 Å². The number of fused-ring (bicyclic) bond motifs is 4. The van der Waals surface area contributed by atoms with Crippen LogP contribution in [0.3, 0.4) is 0 Å². The Morgan fingerprint density at radius 2 is 1.77 bits per heavy atom. The third kappa shape index (κ3) is 6.02. The van der Waals surface area contributed by atoms with Gasteiger partial charge >= 0.3 is 6.09 Å². The van der Waals surface area contributed by atoms with E-state index in [2.05, 4.69) is 33.1 Å². The summed E-state index contributed by atoms with van der Waals surface area (Å²) in [6.07, 6.45) is 4.81. The molecule has 230 valence electrons. The van der Waals surface area contributed by atoms with E-state index in [1.807, 2.05) is 43.9 Å². The highest BCUT2D eigenvalue weighted by atomic mass is 32.2. The van der Waals surface area contributed by atoms with Gasteiger partial charge in [-0.25, -0.2) is 23.2 Å². The highest BCUT2D eigenvalue weighted by molar-refractivity contribution is 7.90. The number of piperazine rings is 1. The van der Waals surface area contributed by atoms with E-state index in [-0.39, 0.29) is 36.0 Å². The van der Waals surface area contributed by atoms with Crippen LogP contribution >= 0.6 is 0 Å². The minimum atomic E-state index is -3.65. The van der Waals surface area contributed by atoms with Gasteiger partial charge in [-0.15, -0.1) is 0 Å². The fourth-order valence-electron chi connectivity index (χ4n) is 6.82. The predicted octanol–water partition coefficient (Wildman–Crippen LogP) is 4.88. The van der Waals surface area contributed by atoms with E-state index in [1.165, 1.54) is 0 Å². The van der Waals surface area contributed by atoms with E-state index in [4.69, 9.17) is 14.2 Å². The minimum absolute atomic E-state index is 0.0153. The second kappa shape index (κ2) is 11.2. The summed E-state index contributed by atoms with van der Waals surface area (Å²) in [5.74, 6) is 1.55. The van der Waals surface area contributed by atoms with Crippen LogP contribution in [0.1, 0.15) is 62.8 Å². The molecule has 0 radical (unpaired) electrons. The summed E-state index contributed by atoms with van der Waals surface area (Å²) in [6, 6.07) is 12.3. The topological polar surface area (TPSA) is 111 Å². The number of sulfone groups is 1. The van der Waals surface area contributed by atoms with Gasteiger partial charge < -0.3 is 19.1 Å². The van der Waals surface area contributed by atoms with E-state index in [0.717, 1.165) is 65.3 Å². The maximum atomic E-state index is 13.0. The van der Waals surface area contributed by atoms with Gasteiger partial charge in [0.15, 0.2) is 6.79 Å². The molecule has 10 nitrogen and oxygen atoms in total. The Labute approximate surface area is 253 Å². The molecule has 2 fully saturated rings. The van der Waals surface area contributed by atoms with Crippen molar-refractivity contribution in [1.82, 2.24) is 14.9 Å². The van der Waals surface area contributed by atoms with Gasteiger partial charge in [-0.3, -0.25) is 4.90 Å². The van der Waals surface area contributed by atoms with Gasteiger partial charge in [-0.05, 0) is 87.3 Å². The van der Waals surface area contributed by atoms with Crippen molar-refractivity contribution in [2.75, 3.05) is 38.1 Å². The molecule has 2 aromatic carbocycles. The van der Waals surface area contributed by atoms with Gasteiger partial charge in [0.1, 0.15) is 17.2 Å². The lowest BCUT2D eigenvalue weighted by Crippen LogP contribution is -2.57. The first kappa shape index (κ1) is 29.6. The lowest BCUT2D eigenvalue weighted by Gasteiger charge is -2.42. The molecule has 1 aromatic heterocycles. The molecule has 3 atom stereocenters. The molecule has 11 heteroatoms. The zero-order valence-corrected chi connectivity index (χ0v) is 26.3. The largest absolute Gasteiger partial charge is 0.468 e. The minimum Gasteiger partial charge on any atom is -0.468 e. The number of amides is 1. The van der Waals surface area contributed by atoms with E-state index in [0.29, 0.717) is 25.3 Å². The van der Waals surface area contributed by atoms with Gasteiger partial charge in [-0.1, -0.05) is 24.3 Å². The van der Waals surface area contributed by atoms with E-state index in [9.17, 15) is 13.2 Å². The third-order valence-electron chi connectivity index (χ3n) is 8.60. The lowest BCUT2D eigenvalue weighted by molar-refractivity contribution is 0.0122. The Hall–Kier alpha value is -3.44. The first-order chi connectivity index (χ1) is 20.4. The molecule has 3 aromatic rings. The molecule has 0 saturated carbocycles. The number of methoxy groups -OCH3 is 1. The molecular formula is C32H40N4O6S. The van der Waals surface area contributed by atoms with Crippen LogP contribution in [-0.2, 0) is 32.2 Å². The Morgan fingerprint density at radius 3 is 2.44 bits per heavy atom. The number of ether oxygens (including phenoxy) is 3. The first-order valence-electron chi connectivity index (χ1n) is 14.9. The van der Waals surface area contributed by atoms with Gasteiger partial charge in [0.25, 0.3) is 0 Å². The summed E-state index contributed by atoms with van der Waals surface area (Å²) in [5, 5.41) is 2.08. The molecule has 0 spiro atoms. The smallest absolute Gasteiger partial charge is 0.410 e. The molecule has 0 N–H and O–H groups in total. The van der Waals surface area contributed by atoms with Crippen molar-refractivity contribution < 1.29 is 27.4 Å². The monoisotopic (exact) mass is 608 g/mol. The van der Waals surface area contributed by atoms with E-state index < -0.39 is 15.4 Å². The maximum absolute atomic E-state index is 13.0. The van der Waals surface area contributed by atoms with Crippen LogP contribution in [0.5, 0.6) is 5.75 Å². The molecule has 1 aliphatic carbocycles. The highest BCUT2D eigenvalue weighted by Gasteiger charge is 2.45. The summed E-state index contributed by atoms with van der Waals surface area (Å²) < 4.78 is 42.3. The number of aromatic nitrogens is 2. The second-order valence-corrected chi connectivity index (χ2v) is 14.8. The molecule has 3 heterocycles. The average molecular weight is 609 g/mol. The zero-order valence-electron chi connectivity index (χ0n) is 25.5. The quantitative estimate of drug-likeness (QED) is 0.286. The molecule has 2 bridgehead atoms. The molecule has 2 aliphatic heterocycles. The number of benzene rings is 2. The Balaban J connectivity index is 1.34. The predicted molar refractivity (Wildman–Crippen MR) is 163 cm³/mol. The van der Waals surface area contributed by atoms with Crippen molar-refractivity contribution in [1.29, 1.82) is 0 Å². The van der Waals surface area contributed by atoms with Gasteiger partial charge in [0.05, 0.1) is 17.8 Å². The third-order valence-corrected chi connectivity index (χ3v) is 9.45. The van der Waals surface area contributed by atoms with Crippen LogP contribution in [0.2, 0.25) is 0 Å². The first-order valence-corrected chi connectivity index (χ1v) is 16.8. The molecule has 3 aliphatic rings. The standard InChI is InChI=1S/C32H40N4O6S/c1-32(2,3)42-31(37)36-22-11-12-23(36)18-35(17-22)29-26-13-10-21(15-28(26)33-30(34-29)43(5,38)39)27-16-24(41-19-40-4)14-20-8-6-7-9-25(20)27/h6-9,14,16,21-23H,10-13,15,17-19H2,1-5H3. The number of carbonyl (C=O) groups is 1. The number of nitrogens with zero attached hydrogens (tertiary/aromatic N) is 4. The van der Waals surface area contributed by atoms with Crippen LogP contribution in [0.4, 0.5) is 10.6 Å². The van der Waals surface area contributed by atoms with Gasteiger partial charge in [0, 0.05) is 32.0 Å². The number of hydrogen-bond donors (Lipinski definition) is 0. The highest BCUT2D eigenvalue weighted by Crippen LogP contribution is 2.42. The van der Waals surface area contributed by atoms with Crippen LogP contribution in [-0.4, -0.2) is 80.3 Å². The SMILES string of the molecule is COCOc1cc(C2CCc3c(nc(S(C)(=O)=O)nc3N3CC4CCC(C3)N4C(=O)OC(C)(C)C)C2)c2ccccc2c1. The molecule has 6 rings (SSSR count). The number of rotatable bonds is 6. The number of carbonyl (C=O) groups excluding carboxylic acids is 1. The Morgan fingerprint density at radius 1 is 1.05 bits per heavy atom. The van der Waals surface area contributed by atoms with Crippen molar-refractivity contribution >= 4 is 32.5 Å². The summed E-state index contributed by atoms with van der Waals surface area (Å²) >= 11 is 0. The van der Waals surface area contributed by atoms with Gasteiger partial charge in [0.2, 0.25) is 15.0 Å². The van der Waals surface area contributed by atoms with Crippen LogP contribution < -0.4 is 9.64 Å². The Kier molecular flexibility index (Phi) is 7.75. The number of hydrogen-bond acceptors (Lipinski definition) is 9. The average Bonchev–Trinajstić information content (AvgIpc) is 3.22. The van der Waals surface area contributed by atoms with E-state index in [1.54, 1.807) is 7.11 Å². The Bertz CT molecular complexity index is 1640. The van der Waals surface area contributed by atoms with Gasteiger partial charge in [-0.2, -0.15) is 0 Å². The summed E-state index contributed by atoms with van der Waals surface area (Å²) in [7, 11) is -2.06. The fraction of sp³-hybridized carbons (Fsp3) is 0.531. The summed E-state index contributed by atoms with van der Waals surface area (Å²) in [4.78, 5) is 26.4. The van der Waals surface area contributed by atoms with Crippen molar-refractivity contribution in [3.05, 3.63) is 53.2 Å².